The standard InChI is InChI=1S/C30H33ClN6O2/c1-20-16-21(2)18-24(17-20)33-30(38)36(25-6-4-5-7-25)14-15-37-29(23-8-9-27(39-3)26(31)19-23)34-28(35-37)22-10-12-32-13-11-22/h8-13,16-19,25H,4-7,14-15H2,1-3H3,(H,33,38). The Hall–Kier alpha value is -3.91. The predicted molar refractivity (Wildman–Crippen MR) is 154 cm³/mol. The first kappa shape index (κ1) is 26.7. The van der Waals surface area contributed by atoms with Crippen LogP contribution in [0, 0.1) is 13.8 Å². The van der Waals surface area contributed by atoms with Crippen molar-refractivity contribution in [2.24, 2.45) is 0 Å². The predicted octanol–water partition coefficient (Wildman–Crippen LogP) is 6.76. The van der Waals surface area contributed by atoms with Crippen molar-refractivity contribution in [3.63, 3.8) is 0 Å². The second-order valence-corrected chi connectivity index (χ2v) is 10.4. The van der Waals surface area contributed by atoms with E-state index in [-0.39, 0.29) is 12.1 Å². The molecular weight excluding hydrogens is 512 g/mol. The molecule has 39 heavy (non-hydrogen) atoms. The van der Waals surface area contributed by atoms with Gasteiger partial charge in [0.05, 0.1) is 18.7 Å². The molecule has 0 spiro atoms. The molecule has 2 heterocycles. The van der Waals surface area contributed by atoms with Crippen LogP contribution in [0.15, 0.2) is 60.9 Å². The maximum Gasteiger partial charge on any atom is 0.322 e. The van der Waals surface area contributed by atoms with Crippen molar-refractivity contribution in [3.05, 3.63) is 77.1 Å². The van der Waals surface area contributed by atoms with Gasteiger partial charge in [-0.3, -0.25) is 4.98 Å². The zero-order chi connectivity index (χ0) is 27.4. The normalized spacial score (nSPS) is 13.4. The highest BCUT2D eigenvalue weighted by Gasteiger charge is 2.27. The zero-order valence-electron chi connectivity index (χ0n) is 22.5. The van der Waals surface area contributed by atoms with Crippen molar-refractivity contribution in [2.75, 3.05) is 19.0 Å². The lowest BCUT2D eigenvalue weighted by molar-refractivity contribution is 0.184. The van der Waals surface area contributed by atoms with Crippen LogP contribution < -0.4 is 10.1 Å². The number of halogens is 1. The topological polar surface area (TPSA) is 85.2 Å². The van der Waals surface area contributed by atoms with Crippen LogP contribution in [-0.2, 0) is 6.54 Å². The molecule has 1 aliphatic rings. The lowest BCUT2D eigenvalue weighted by Gasteiger charge is -2.29. The third-order valence-corrected chi connectivity index (χ3v) is 7.37. The Kier molecular flexibility index (Phi) is 8.12. The highest BCUT2D eigenvalue weighted by atomic mass is 35.5. The molecule has 202 valence electrons. The minimum absolute atomic E-state index is 0.0876. The molecule has 2 amide bonds. The number of hydrogen-bond donors (Lipinski definition) is 1. The van der Waals surface area contributed by atoms with Crippen LogP contribution in [0.4, 0.5) is 10.5 Å². The monoisotopic (exact) mass is 544 g/mol. The van der Waals surface area contributed by atoms with Gasteiger partial charge in [0.25, 0.3) is 0 Å². The summed E-state index contributed by atoms with van der Waals surface area (Å²) >= 11 is 6.46. The SMILES string of the molecule is COc1ccc(-c2nc(-c3ccncc3)nn2CCN(C(=O)Nc2cc(C)cc(C)c2)C2CCCC2)cc1Cl. The third-order valence-electron chi connectivity index (χ3n) is 7.07. The highest BCUT2D eigenvalue weighted by Crippen LogP contribution is 2.31. The number of rotatable bonds is 8. The Balaban J connectivity index is 1.44. The first-order valence-corrected chi connectivity index (χ1v) is 13.6. The number of amides is 2. The molecule has 2 aromatic heterocycles. The fraction of sp³-hybridized carbons (Fsp3) is 0.333. The van der Waals surface area contributed by atoms with Gasteiger partial charge in [-0.15, -0.1) is 0 Å². The summed E-state index contributed by atoms with van der Waals surface area (Å²) in [6.45, 7) is 5.05. The summed E-state index contributed by atoms with van der Waals surface area (Å²) in [5, 5.41) is 8.47. The number of hydrogen-bond acceptors (Lipinski definition) is 5. The van der Waals surface area contributed by atoms with Gasteiger partial charge in [0.2, 0.25) is 0 Å². The van der Waals surface area contributed by atoms with Gasteiger partial charge in [-0.1, -0.05) is 30.5 Å². The fourth-order valence-electron chi connectivity index (χ4n) is 5.25. The van der Waals surface area contributed by atoms with E-state index in [0.29, 0.717) is 35.5 Å². The molecule has 5 rings (SSSR count). The Bertz CT molecular complexity index is 1430. The molecule has 2 aromatic carbocycles. The summed E-state index contributed by atoms with van der Waals surface area (Å²) in [7, 11) is 1.59. The van der Waals surface area contributed by atoms with Crippen LogP contribution in [0.25, 0.3) is 22.8 Å². The number of urea groups is 1. The van der Waals surface area contributed by atoms with E-state index in [2.05, 4.69) is 16.4 Å². The number of aryl methyl sites for hydroxylation is 2. The molecule has 0 saturated heterocycles. The van der Waals surface area contributed by atoms with E-state index < -0.39 is 0 Å². The van der Waals surface area contributed by atoms with E-state index in [1.165, 1.54) is 0 Å². The second kappa shape index (κ2) is 11.9. The van der Waals surface area contributed by atoms with Crippen molar-refractivity contribution >= 4 is 23.3 Å². The summed E-state index contributed by atoms with van der Waals surface area (Å²) in [5.74, 6) is 1.86. The molecule has 1 aliphatic carbocycles. The second-order valence-electron chi connectivity index (χ2n) is 10.0. The first-order chi connectivity index (χ1) is 18.9. The summed E-state index contributed by atoms with van der Waals surface area (Å²) < 4.78 is 7.19. The molecule has 0 unspecified atom stereocenters. The van der Waals surface area contributed by atoms with Crippen molar-refractivity contribution in [3.8, 4) is 28.5 Å². The van der Waals surface area contributed by atoms with Crippen LogP contribution >= 0.6 is 11.6 Å². The largest absolute Gasteiger partial charge is 0.495 e. The molecule has 1 N–H and O–H groups in total. The summed E-state index contributed by atoms with van der Waals surface area (Å²) in [6.07, 6.45) is 7.70. The Labute approximate surface area is 234 Å². The Morgan fingerprint density at radius 1 is 1.05 bits per heavy atom. The number of aromatic nitrogens is 4. The number of benzene rings is 2. The van der Waals surface area contributed by atoms with Crippen molar-refractivity contribution in [1.82, 2.24) is 24.6 Å². The molecule has 9 heteroatoms. The van der Waals surface area contributed by atoms with Crippen LogP contribution in [0.5, 0.6) is 5.75 Å². The zero-order valence-corrected chi connectivity index (χ0v) is 23.3. The van der Waals surface area contributed by atoms with Crippen LogP contribution in [0.3, 0.4) is 0 Å². The molecule has 0 aliphatic heterocycles. The van der Waals surface area contributed by atoms with Gasteiger partial charge < -0.3 is 15.0 Å². The number of pyridine rings is 1. The van der Waals surface area contributed by atoms with Crippen molar-refractivity contribution < 1.29 is 9.53 Å². The van der Waals surface area contributed by atoms with E-state index in [9.17, 15) is 4.79 Å². The van der Waals surface area contributed by atoms with Gasteiger partial charge in [-0.25, -0.2) is 14.5 Å². The van der Waals surface area contributed by atoms with Crippen molar-refractivity contribution in [2.45, 2.75) is 52.1 Å². The minimum atomic E-state index is -0.0876. The van der Waals surface area contributed by atoms with Gasteiger partial charge in [0.1, 0.15) is 5.75 Å². The quantitative estimate of drug-likeness (QED) is 0.265. The van der Waals surface area contributed by atoms with Crippen LogP contribution in [0.1, 0.15) is 36.8 Å². The van der Waals surface area contributed by atoms with E-state index >= 15 is 0 Å². The molecule has 0 bridgehead atoms. The Morgan fingerprint density at radius 3 is 2.44 bits per heavy atom. The number of carbonyl (C=O) groups is 1. The van der Waals surface area contributed by atoms with Crippen molar-refractivity contribution in [1.29, 1.82) is 0 Å². The van der Waals surface area contributed by atoms with Gasteiger partial charge in [0.15, 0.2) is 11.6 Å². The number of nitrogens with zero attached hydrogens (tertiary/aromatic N) is 5. The molecule has 0 atom stereocenters. The lowest BCUT2D eigenvalue weighted by atomic mass is 10.1. The Morgan fingerprint density at radius 2 is 1.77 bits per heavy atom. The summed E-state index contributed by atoms with van der Waals surface area (Å²) in [4.78, 5) is 24.5. The first-order valence-electron chi connectivity index (χ1n) is 13.3. The van der Waals surface area contributed by atoms with E-state index in [0.717, 1.165) is 53.6 Å². The van der Waals surface area contributed by atoms with Gasteiger partial charge >= 0.3 is 6.03 Å². The molecule has 4 aromatic rings. The fourth-order valence-corrected chi connectivity index (χ4v) is 5.51. The minimum Gasteiger partial charge on any atom is -0.495 e. The maximum atomic E-state index is 13.6. The third kappa shape index (κ3) is 6.23. The van der Waals surface area contributed by atoms with Gasteiger partial charge in [-0.2, -0.15) is 5.10 Å². The number of anilines is 1. The summed E-state index contributed by atoms with van der Waals surface area (Å²) in [6, 6.07) is 15.5. The maximum absolute atomic E-state index is 13.6. The van der Waals surface area contributed by atoms with Gasteiger partial charge in [-0.05, 0) is 80.3 Å². The number of nitrogens with one attached hydrogen (secondary N) is 1. The number of methoxy groups -OCH3 is 1. The molecule has 8 nitrogen and oxygen atoms in total. The highest BCUT2D eigenvalue weighted by molar-refractivity contribution is 6.32. The van der Waals surface area contributed by atoms with Gasteiger partial charge in [0, 0.05) is 41.8 Å². The summed E-state index contributed by atoms with van der Waals surface area (Å²) in [5.41, 5.74) is 4.74. The smallest absolute Gasteiger partial charge is 0.322 e. The van der Waals surface area contributed by atoms with Crippen LogP contribution in [0.2, 0.25) is 5.02 Å². The molecule has 1 fully saturated rings. The van der Waals surface area contributed by atoms with E-state index in [4.69, 9.17) is 26.4 Å². The van der Waals surface area contributed by atoms with Crippen LogP contribution in [-0.4, -0.2) is 50.4 Å². The average Bonchev–Trinajstić information content (AvgIpc) is 3.60. The average molecular weight is 545 g/mol. The lowest BCUT2D eigenvalue weighted by Crippen LogP contribution is -2.43. The molecule has 1 saturated carbocycles. The number of carbonyl (C=O) groups excluding carboxylic acids is 1. The molecule has 0 radical (unpaired) electrons. The molecular formula is C30H33ClN6O2. The van der Waals surface area contributed by atoms with E-state index in [1.54, 1.807) is 19.5 Å². The number of ether oxygens (including phenoxy) is 1. The van der Waals surface area contributed by atoms with E-state index in [1.807, 2.05) is 65.9 Å².